The summed E-state index contributed by atoms with van der Waals surface area (Å²) in [5, 5.41) is 23.4. The lowest BCUT2D eigenvalue weighted by atomic mass is 9.73. The van der Waals surface area contributed by atoms with Gasteiger partial charge >= 0.3 is 6.18 Å². The van der Waals surface area contributed by atoms with Crippen molar-refractivity contribution in [3.8, 4) is 6.07 Å². The van der Waals surface area contributed by atoms with Crippen LogP contribution in [-0.2, 0) is 17.5 Å². The van der Waals surface area contributed by atoms with Crippen LogP contribution in [0.2, 0.25) is 0 Å². The van der Waals surface area contributed by atoms with Gasteiger partial charge in [0, 0.05) is 49.4 Å². The van der Waals surface area contributed by atoms with E-state index in [2.05, 4.69) is 5.10 Å². The lowest BCUT2D eigenvalue weighted by Gasteiger charge is -2.42. The molecular formula is C22H24F3N5O2. The van der Waals surface area contributed by atoms with Crippen LogP contribution in [0.3, 0.4) is 0 Å². The summed E-state index contributed by atoms with van der Waals surface area (Å²) < 4.78 is 41.8. The molecule has 1 aromatic heterocycles. The van der Waals surface area contributed by atoms with Gasteiger partial charge < -0.3 is 14.9 Å². The van der Waals surface area contributed by atoms with Crippen molar-refractivity contribution in [1.29, 1.82) is 5.26 Å². The highest BCUT2D eigenvalue weighted by molar-refractivity contribution is 5.76. The van der Waals surface area contributed by atoms with E-state index in [9.17, 15) is 23.1 Å². The molecule has 7 nitrogen and oxygen atoms in total. The van der Waals surface area contributed by atoms with Crippen LogP contribution in [-0.4, -0.2) is 58.5 Å². The molecule has 2 aliphatic rings. The van der Waals surface area contributed by atoms with Crippen molar-refractivity contribution < 1.29 is 23.1 Å². The van der Waals surface area contributed by atoms with E-state index in [4.69, 9.17) is 5.26 Å². The van der Waals surface area contributed by atoms with Crippen molar-refractivity contribution >= 4 is 11.6 Å². The number of aliphatic hydroxyl groups is 1. The number of halogens is 3. The third-order valence-corrected chi connectivity index (χ3v) is 6.65. The highest BCUT2D eigenvalue weighted by Crippen LogP contribution is 2.45. The number of amides is 1. The quantitative estimate of drug-likeness (QED) is 0.778. The molecule has 2 atom stereocenters. The number of hydrogen-bond donors (Lipinski definition) is 1. The molecule has 0 aliphatic carbocycles. The number of hydrogen-bond acceptors (Lipinski definition) is 5. The Balaban J connectivity index is 1.52. The van der Waals surface area contributed by atoms with Gasteiger partial charge in [0.2, 0.25) is 5.91 Å². The maximum absolute atomic E-state index is 13.4. The Kier molecular flexibility index (Phi) is 5.63. The van der Waals surface area contributed by atoms with Gasteiger partial charge in [-0.3, -0.25) is 9.48 Å². The first kappa shape index (κ1) is 22.1. The molecule has 0 radical (unpaired) electrons. The zero-order valence-corrected chi connectivity index (χ0v) is 17.6. The maximum Gasteiger partial charge on any atom is 0.417 e. The molecule has 2 fully saturated rings. The minimum atomic E-state index is -4.63. The van der Waals surface area contributed by atoms with E-state index in [-0.39, 0.29) is 25.0 Å². The van der Waals surface area contributed by atoms with Gasteiger partial charge in [0.05, 0.1) is 30.0 Å². The van der Waals surface area contributed by atoms with Crippen molar-refractivity contribution in [2.45, 2.75) is 26.1 Å². The van der Waals surface area contributed by atoms with Gasteiger partial charge in [-0.25, -0.2) is 0 Å². The summed E-state index contributed by atoms with van der Waals surface area (Å²) in [6, 6.07) is 5.30. The molecule has 10 heteroatoms. The summed E-state index contributed by atoms with van der Waals surface area (Å²) in [5.41, 5.74) is -0.533. The van der Waals surface area contributed by atoms with Gasteiger partial charge in [-0.2, -0.15) is 23.5 Å². The number of fused-ring (bicyclic) bond motifs is 1. The zero-order chi connectivity index (χ0) is 23.1. The minimum Gasteiger partial charge on any atom is -0.396 e. The van der Waals surface area contributed by atoms with Crippen LogP contribution >= 0.6 is 0 Å². The Bertz CT molecular complexity index is 1060. The number of nitrogens with zero attached hydrogens (tertiary/aromatic N) is 5. The second-order valence-electron chi connectivity index (χ2n) is 8.74. The monoisotopic (exact) mass is 447 g/mol. The second kappa shape index (κ2) is 8.13. The first-order chi connectivity index (χ1) is 15.1. The topological polar surface area (TPSA) is 85.4 Å². The Morgan fingerprint density at radius 2 is 2.16 bits per heavy atom. The van der Waals surface area contributed by atoms with Gasteiger partial charge in [-0.05, 0) is 37.1 Å². The van der Waals surface area contributed by atoms with E-state index in [0.717, 1.165) is 11.6 Å². The molecule has 0 bridgehead atoms. The number of alkyl halides is 3. The van der Waals surface area contributed by atoms with Crippen LogP contribution < -0.4 is 4.90 Å². The number of nitriles is 1. The third-order valence-electron chi connectivity index (χ3n) is 6.65. The first-order valence-electron chi connectivity index (χ1n) is 10.4. The molecule has 3 heterocycles. The van der Waals surface area contributed by atoms with Crippen LogP contribution in [0.25, 0.3) is 0 Å². The van der Waals surface area contributed by atoms with Crippen LogP contribution in [0.1, 0.15) is 23.1 Å². The minimum absolute atomic E-state index is 0.0733. The third kappa shape index (κ3) is 4.05. The number of benzene rings is 1. The average Bonchev–Trinajstić information content (AvgIpc) is 3.35. The SMILES string of the molecule is Cc1cnn(CC(=O)N2CC[C@@]3(CO)CN(c4ccc(C#N)c(C(F)(F)F)c4)C[C@H]3C2)c1. The van der Waals surface area contributed by atoms with Gasteiger partial charge in [0.15, 0.2) is 0 Å². The Labute approximate surface area is 183 Å². The molecule has 0 spiro atoms. The average molecular weight is 447 g/mol. The van der Waals surface area contributed by atoms with Crippen molar-refractivity contribution in [1.82, 2.24) is 14.7 Å². The molecular weight excluding hydrogens is 423 g/mol. The molecule has 32 heavy (non-hydrogen) atoms. The smallest absolute Gasteiger partial charge is 0.396 e. The number of carbonyl (C=O) groups excluding carboxylic acids is 1. The van der Waals surface area contributed by atoms with Crippen LogP contribution in [0.5, 0.6) is 0 Å². The normalized spacial score (nSPS) is 23.2. The molecule has 0 unspecified atom stereocenters. The molecule has 170 valence electrons. The number of anilines is 1. The van der Waals surface area contributed by atoms with Crippen LogP contribution in [0.15, 0.2) is 30.6 Å². The molecule has 4 rings (SSSR count). The maximum atomic E-state index is 13.4. The molecule has 2 aliphatic heterocycles. The standard InChI is InChI=1S/C22H24F3N5O2/c1-15-8-27-30(9-15)12-20(32)28-5-4-21(14-31)13-29(11-17(21)10-28)18-3-2-16(7-26)19(6-18)22(23,24)25/h2-3,6,8-9,17,31H,4-5,10-14H2,1H3/t17-,21+/m1/s1. The predicted octanol–water partition coefficient (Wildman–Crippen LogP) is 2.43. The number of piperidine rings is 1. The molecule has 1 amide bonds. The molecule has 2 saturated heterocycles. The van der Waals surface area contributed by atoms with Gasteiger partial charge in [0.25, 0.3) is 0 Å². The van der Waals surface area contributed by atoms with E-state index >= 15 is 0 Å². The second-order valence-corrected chi connectivity index (χ2v) is 8.74. The van der Waals surface area contributed by atoms with Gasteiger partial charge in [-0.15, -0.1) is 0 Å². The fourth-order valence-electron chi connectivity index (χ4n) is 4.82. The largest absolute Gasteiger partial charge is 0.417 e. The van der Waals surface area contributed by atoms with E-state index in [0.29, 0.717) is 38.3 Å². The zero-order valence-electron chi connectivity index (χ0n) is 17.6. The summed E-state index contributed by atoms with van der Waals surface area (Å²) in [7, 11) is 0. The van der Waals surface area contributed by atoms with E-state index in [1.165, 1.54) is 12.1 Å². The predicted molar refractivity (Wildman–Crippen MR) is 110 cm³/mol. The molecule has 1 N–H and O–H groups in total. The Hall–Kier alpha value is -3.06. The van der Waals surface area contributed by atoms with E-state index < -0.39 is 22.7 Å². The van der Waals surface area contributed by atoms with Crippen molar-refractivity contribution in [3.05, 3.63) is 47.3 Å². The van der Waals surface area contributed by atoms with Crippen molar-refractivity contribution in [2.24, 2.45) is 11.3 Å². The van der Waals surface area contributed by atoms with Crippen LogP contribution in [0, 0.1) is 29.6 Å². The fourth-order valence-corrected chi connectivity index (χ4v) is 4.82. The Morgan fingerprint density at radius 1 is 1.38 bits per heavy atom. The number of aryl methyl sites for hydroxylation is 1. The first-order valence-corrected chi connectivity index (χ1v) is 10.4. The summed E-state index contributed by atoms with van der Waals surface area (Å²) in [5.74, 6) is -0.148. The highest BCUT2D eigenvalue weighted by Gasteiger charge is 2.50. The van der Waals surface area contributed by atoms with Crippen molar-refractivity contribution in [3.63, 3.8) is 0 Å². The van der Waals surface area contributed by atoms with Crippen molar-refractivity contribution in [2.75, 3.05) is 37.7 Å². The van der Waals surface area contributed by atoms with E-state index in [1.807, 2.05) is 11.8 Å². The number of rotatable bonds is 4. The highest BCUT2D eigenvalue weighted by atomic mass is 19.4. The molecule has 1 aromatic carbocycles. The lowest BCUT2D eigenvalue weighted by molar-refractivity contribution is -0.138. The summed E-state index contributed by atoms with van der Waals surface area (Å²) in [6.45, 7) is 3.65. The molecule has 2 aromatic rings. The summed E-state index contributed by atoms with van der Waals surface area (Å²) in [6.07, 6.45) is -0.588. The molecule has 0 saturated carbocycles. The number of aliphatic hydroxyl groups excluding tert-OH is 1. The van der Waals surface area contributed by atoms with Crippen LogP contribution in [0.4, 0.5) is 18.9 Å². The summed E-state index contributed by atoms with van der Waals surface area (Å²) in [4.78, 5) is 16.3. The number of aromatic nitrogens is 2. The van der Waals surface area contributed by atoms with Gasteiger partial charge in [0.1, 0.15) is 6.54 Å². The van der Waals surface area contributed by atoms with Gasteiger partial charge in [-0.1, -0.05) is 0 Å². The fraction of sp³-hybridized carbons (Fsp3) is 0.500. The lowest BCUT2D eigenvalue weighted by Crippen LogP contribution is -2.51. The summed E-state index contributed by atoms with van der Waals surface area (Å²) >= 11 is 0. The Morgan fingerprint density at radius 3 is 2.78 bits per heavy atom. The van der Waals surface area contributed by atoms with E-state index in [1.54, 1.807) is 28.0 Å². The number of carbonyl (C=O) groups is 1. The number of likely N-dealkylation sites (tertiary alicyclic amines) is 1.